The van der Waals surface area contributed by atoms with E-state index in [0.29, 0.717) is 6.61 Å². The van der Waals surface area contributed by atoms with Gasteiger partial charge in [0.15, 0.2) is 0 Å². The van der Waals surface area contributed by atoms with Gasteiger partial charge in [0.2, 0.25) is 0 Å². The molecule has 0 aromatic carbocycles. The minimum Gasteiger partial charge on any atom is -0.396 e. The first-order chi connectivity index (χ1) is 6.33. The molecule has 0 spiro atoms. The van der Waals surface area contributed by atoms with Crippen molar-refractivity contribution in [1.29, 1.82) is 0 Å². The topological polar surface area (TPSA) is 32.3 Å². The maximum absolute atomic E-state index is 9.32. The Hall–Kier alpha value is -0.340. The molecule has 0 unspecified atom stereocenters. The van der Waals surface area contributed by atoms with Crippen LogP contribution in [0.5, 0.6) is 0 Å². The summed E-state index contributed by atoms with van der Waals surface area (Å²) in [6, 6.07) is 0. The molecule has 1 fully saturated rings. The summed E-state index contributed by atoms with van der Waals surface area (Å²) in [4.78, 5) is 0. The van der Waals surface area contributed by atoms with Gasteiger partial charge in [-0.25, -0.2) is 0 Å². The minimum absolute atomic E-state index is 0.196. The molecule has 2 heteroatoms. The van der Waals surface area contributed by atoms with Gasteiger partial charge in [-0.15, -0.1) is 0 Å². The molecule has 2 nitrogen and oxygen atoms in total. The van der Waals surface area contributed by atoms with Crippen LogP contribution in [-0.4, -0.2) is 24.8 Å². The number of aliphatic hydroxyl groups excluding tert-OH is 1. The van der Waals surface area contributed by atoms with Gasteiger partial charge in [0.25, 0.3) is 0 Å². The number of rotatable bonds is 5. The zero-order valence-electron chi connectivity index (χ0n) is 8.55. The molecule has 76 valence electrons. The lowest BCUT2D eigenvalue weighted by atomic mass is 9.87. The van der Waals surface area contributed by atoms with Crippen molar-refractivity contribution in [2.75, 3.05) is 19.7 Å². The Morgan fingerprint density at radius 1 is 1.38 bits per heavy atom. The van der Waals surface area contributed by atoms with Gasteiger partial charge in [0.1, 0.15) is 0 Å². The van der Waals surface area contributed by atoms with E-state index in [9.17, 15) is 5.11 Å². The molecule has 0 heterocycles. The Bertz CT molecular complexity index is 159. The summed E-state index contributed by atoms with van der Waals surface area (Å²) in [5.41, 5.74) is 0.196. The first kappa shape index (κ1) is 10.7. The monoisotopic (exact) mass is 183 g/mol. The lowest BCUT2D eigenvalue weighted by Crippen LogP contribution is -2.35. The molecule has 0 bridgehead atoms. The van der Waals surface area contributed by atoms with Crippen molar-refractivity contribution in [3.05, 3.63) is 12.2 Å². The Labute approximate surface area is 81.0 Å². The number of hydrogen-bond acceptors (Lipinski definition) is 2. The SMILES string of the molecule is C/C=C/CNCC1(CO)CCCC1. The molecule has 0 saturated heterocycles. The Morgan fingerprint density at radius 2 is 2.08 bits per heavy atom. The molecule has 0 aliphatic heterocycles. The van der Waals surface area contributed by atoms with Gasteiger partial charge in [-0.3, -0.25) is 0 Å². The number of aliphatic hydroxyl groups is 1. The zero-order valence-corrected chi connectivity index (χ0v) is 8.55. The highest BCUT2D eigenvalue weighted by Crippen LogP contribution is 2.36. The lowest BCUT2D eigenvalue weighted by Gasteiger charge is -2.26. The van der Waals surface area contributed by atoms with E-state index in [1.165, 1.54) is 25.7 Å². The second kappa shape index (κ2) is 5.40. The van der Waals surface area contributed by atoms with E-state index >= 15 is 0 Å². The molecule has 1 saturated carbocycles. The number of allylic oxidation sites excluding steroid dienone is 1. The van der Waals surface area contributed by atoms with Gasteiger partial charge in [0, 0.05) is 25.1 Å². The van der Waals surface area contributed by atoms with Crippen LogP contribution in [0.4, 0.5) is 0 Å². The van der Waals surface area contributed by atoms with Gasteiger partial charge >= 0.3 is 0 Å². The zero-order chi connectivity index (χ0) is 9.57. The summed E-state index contributed by atoms with van der Waals surface area (Å²) in [7, 11) is 0. The van der Waals surface area contributed by atoms with Gasteiger partial charge in [-0.2, -0.15) is 0 Å². The third kappa shape index (κ3) is 3.12. The highest BCUT2D eigenvalue weighted by molar-refractivity contribution is 4.88. The molecule has 0 amide bonds. The Balaban J connectivity index is 2.23. The van der Waals surface area contributed by atoms with Gasteiger partial charge in [0.05, 0.1) is 0 Å². The molecule has 0 aromatic heterocycles. The van der Waals surface area contributed by atoms with Crippen molar-refractivity contribution in [1.82, 2.24) is 5.32 Å². The second-order valence-electron chi connectivity index (χ2n) is 4.07. The Morgan fingerprint density at radius 3 is 2.62 bits per heavy atom. The normalized spacial score (nSPS) is 21.4. The number of nitrogens with one attached hydrogen (secondary N) is 1. The summed E-state index contributed by atoms with van der Waals surface area (Å²) in [6.45, 7) is 4.26. The lowest BCUT2D eigenvalue weighted by molar-refractivity contribution is 0.129. The minimum atomic E-state index is 0.196. The van der Waals surface area contributed by atoms with Crippen LogP contribution in [0.25, 0.3) is 0 Å². The van der Waals surface area contributed by atoms with E-state index in [1.54, 1.807) is 0 Å². The van der Waals surface area contributed by atoms with Crippen molar-refractivity contribution < 1.29 is 5.11 Å². The standard InChI is InChI=1S/C11H21NO/c1-2-3-8-12-9-11(10-13)6-4-5-7-11/h2-3,12-13H,4-10H2,1H3/b3-2+. The van der Waals surface area contributed by atoms with E-state index in [1.807, 2.05) is 13.0 Å². The van der Waals surface area contributed by atoms with E-state index in [0.717, 1.165) is 13.1 Å². The molecule has 2 N–H and O–H groups in total. The summed E-state index contributed by atoms with van der Waals surface area (Å²) >= 11 is 0. The summed E-state index contributed by atoms with van der Waals surface area (Å²) < 4.78 is 0. The largest absolute Gasteiger partial charge is 0.396 e. The fourth-order valence-electron chi connectivity index (χ4n) is 2.05. The maximum atomic E-state index is 9.32. The molecule has 1 aliphatic rings. The van der Waals surface area contributed by atoms with Gasteiger partial charge in [-0.1, -0.05) is 25.0 Å². The summed E-state index contributed by atoms with van der Waals surface area (Å²) in [5.74, 6) is 0. The molecule has 1 rings (SSSR count). The predicted octanol–water partition coefficient (Wildman–Crippen LogP) is 1.70. The molecule has 0 aromatic rings. The molecule has 0 atom stereocenters. The summed E-state index contributed by atoms with van der Waals surface area (Å²) in [5, 5.41) is 12.7. The third-order valence-corrected chi connectivity index (χ3v) is 3.00. The first-order valence-electron chi connectivity index (χ1n) is 5.26. The maximum Gasteiger partial charge on any atom is 0.0499 e. The summed E-state index contributed by atoms with van der Waals surface area (Å²) in [6.07, 6.45) is 9.10. The molecular formula is C11H21NO. The Kier molecular flexibility index (Phi) is 4.46. The van der Waals surface area contributed by atoms with Crippen LogP contribution in [0.1, 0.15) is 32.6 Å². The van der Waals surface area contributed by atoms with E-state index in [4.69, 9.17) is 0 Å². The highest BCUT2D eigenvalue weighted by atomic mass is 16.3. The van der Waals surface area contributed by atoms with Crippen LogP contribution < -0.4 is 5.32 Å². The predicted molar refractivity (Wildman–Crippen MR) is 55.7 cm³/mol. The van der Waals surface area contributed by atoms with Gasteiger partial charge in [-0.05, 0) is 19.8 Å². The van der Waals surface area contributed by atoms with Crippen molar-refractivity contribution in [2.45, 2.75) is 32.6 Å². The van der Waals surface area contributed by atoms with Crippen molar-refractivity contribution in [3.8, 4) is 0 Å². The number of hydrogen-bond donors (Lipinski definition) is 2. The second-order valence-corrected chi connectivity index (χ2v) is 4.07. The highest BCUT2D eigenvalue weighted by Gasteiger charge is 2.32. The molecular weight excluding hydrogens is 162 g/mol. The van der Waals surface area contributed by atoms with E-state index in [-0.39, 0.29) is 5.41 Å². The third-order valence-electron chi connectivity index (χ3n) is 3.00. The molecule has 1 aliphatic carbocycles. The smallest absolute Gasteiger partial charge is 0.0499 e. The fourth-order valence-corrected chi connectivity index (χ4v) is 2.05. The molecule has 13 heavy (non-hydrogen) atoms. The van der Waals surface area contributed by atoms with Crippen LogP contribution in [0.2, 0.25) is 0 Å². The van der Waals surface area contributed by atoms with Crippen LogP contribution >= 0.6 is 0 Å². The van der Waals surface area contributed by atoms with Crippen LogP contribution in [0.3, 0.4) is 0 Å². The van der Waals surface area contributed by atoms with E-state index in [2.05, 4.69) is 11.4 Å². The van der Waals surface area contributed by atoms with Crippen LogP contribution in [0, 0.1) is 5.41 Å². The van der Waals surface area contributed by atoms with Crippen molar-refractivity contribution >= 4 is 0 Å². The van der Waals surface area contributed by atoms with Crippen LogP contribution in [0.15, 0.2) is 12.2 Å². The van der Waals surface area contributed by atoms with Crippen molar-refractivity contribution in [3.63, 3.8) is 0 Å². The van der Waals surface area contributed by atoms with E-state index < -0.39 is 0 Å². The molecule has 0 radical (unpaired) electrons. The van der Waals surface area contributed by atoms with Gasteiger partial charge < -0.3 is 10.4 Å². The quantitative estimate of drug-likeness (QED) is 0.502. The fraction of sp³-hybridized carbons (Fsp3) is 0.818. The van der Waals surface area contributed by atoms with Crippen molar-refractivity contribution in [2.24, 2.45) is 5.41 Å². The van der Waals surface area contributed by atoms with Crippen LogP contribution in [-0.2, 0) is 0 Å². The first-order valence-corrected chi connectivity index (χ1v) is 5.26. The average molecular weight is 183 g/mol. The average Bonchev–Trinajstić information content (AvgIpc) is 2.62.